The molecule has 1 fully saturated rings. The van der Waals surface area contributed by atoms with E-state index in [1.807, 2.05) is 13.2 Å². The lowest BCUT2D eigenvalue weighted by Crippen LogP contribution is -2.29. The SMILES string of the molecule is CSc1ccc(CNc2nc3c(C)nc(Cl)nc3n([C@@H](C)C3CC3)c2=O)cc1. The molecule has 0 bridgehead atoms. The fraction of sp³-hybridized carbons (Fsp3) is 0.400. The Hall–Kier alpha value is -2.12. The molecule has 1 aliphatic rings. The van der Waals surface area contributed by atoms with Crippen LogP contribution < -0.4 is 10.9 Å². The fourth-order valence-electron chi connectivity index (χ4n) is 3.40. The zero-order valence-electron chi connectivity index (χ0n) is 16.1. The van der Waals surface area contributed by atoms with Crippen molar-refractivity contribution < 1.29 is 0 Å². The van der Waals surface area contributed by atoms with Gasteiger partial charge >= 0.3 is 0 Å². The number of nitrogens with one attached hydrogen (secondary N) is 1. The molecular formula is C20H22ClN5OS. The number of aryl methyl sites for hydroxylation is 1. The molecule has 28 heavy (non-hydrogen) atoms. The quantitative estimate of drug-likeness (QED) is 0.473. The second-order valence-electron chi connectivity index (χ2n) is 7.17. The van der Waals surface area contributed by atoms with Gasteiger partial charge in [0.2, 0.25) is 5.28 Å². The normalized spacial score (nSPS) is 15.0. The van der Waals surface area contributed by atoms with Gasteiger partial charge in [0.25, 0.3) is 5.56 Å². The Bertz CT molecular complexity index is 1080. The molecule has 6 nitrogen and oxygen atoms in total. The molecular weight excluding hydrogens is 394 g/mol. The third kappa shape index (κ3) is 3.73. The molecule has 2 aromatic heterocycles. The van der Waals surface area contributed by atoms with Crippen molar-refractivity contribution in [1.82, 2.24) is 19.5 Å². The van der Waals surface area contributed by atoms with Crippen LogP contribution in [0.3, 0.4) is 0 Å². The summed E-state index contributed by atoms with van der Waals surface area (Å²) in [5, 5.41) is 3.35. The first-order chi connectivity index (χ1) is 13.5. The van der Waals surface area contributed by atoms with Crippen molar-refractivity contribution >= 4 is 40.3 Å². The van der Waals surface area contributed by atoms with Gasteiger partial charge < -0.3 is 5.32 Å². The van der Waals surface area contributed by atoms with Gasteiger partial charge in [-0.1, -0.05) is 12.1 Å². The predicted octanol–water partition coefficient (Wildman–Crippen LogP) is 4.45. The molecule has 0 radical (unpaired) electrons. The summed E-state index contributed by atoms with van der Waals surface area (Å²) in [6, 6.07) is 8.30. The smallest absolute Gasteiger partial charge is 0.295 e. The third-order valence-corrected chi connectivity index (χ3v) is 6.13. The Morgan fingerprint density at radius 3 is 2.61 bits per heavy atom. The summed E-state index contributed by atoms with van der Waals surface area (Å²) in [5.41, 5.74) is 2.71. The minimum atomic E-state index is -0.165. The second-order valence-corrected chi connectivity index (χ2v) is 8.38. The number of aromatic nitrogens is 4. The van der Waals surface area contributed by atoms with Crippen LogP contribution in [0.4, 0.5) is 5.82 Å². The zero-order chi connectivity index (χ0) is 19.8. The van der Waals surface area contributed by atoms with E-state index in [1.54, 1.807) is 16.3 Å². The van der Waals surface area contributed by atoms with E-state index >= 15 is 0 Å². The van der Waals surface area contributed by atoms with Crippen molar-refractivity contribution in [2.45, 2.75) is 44.2 Å². The lowest BCUT2D eigenvalue weighted by molar-refractivity contribution is 0.482. The van der Waals surface area contributed by atoms with E-state index in [0.29, 0.717) is 35.1 Å². The number of rotatable bonds is 6. The number of hydrogen-bond acceptors (Lipinski definition) is 6. The number of hydrogen-bond donors (Lipinski definition) is 1. The Kier molecular flexibility index (Phi) is 5.29. The van der Waals surface area contributed by atoms with Gasteiger partial charge in [-0.05, 0) is 68.2 Å². The highest BCUT2D eigenvalue weighted by atomic mass is 35.5. The van der Waals surface area contributed by atoms with Crippen molar-refractivity contribution in [1.29, 1.82) is 0 Å². The fourth-order valence-corrected chi connectivity index (χ4v) is 4.01. The molecule has 1 aliphatic carbocycles. The summed E-state index contributed by atoms with van der Waals surface area (Å²) in [4.78, 5) is 27.5. The van der Waals surface area contributed by atoms with Crippen LogP contribution in [0.5, 0.6) is 0 Å². The number of fused-ring (bicyclic) bond motifs is 1. The van der Waals surface area contributed by atoms with Crippen molar-refractivity contribution in [3.63, 3.8) is 0 Å². The lowest BCUT2D eigenvalue weighted by Gasteiger charge is -2.18. The van der Waals surface area contributed by atoms with Gasteiger partial charge in [-0.3, -0.25) is 9.36 Å². The van der Waals surface area contributed by atoms with E-state index in [0.717, 1.165) is 18.4 Å². The Morgan fingerprint density at radius 2 is 1.96 bits per heavy atom. The summed E-state index contributed by atoms with van der Waals surface area (Å²) < 4.78 is 1.74. The molecule has 1 atom stereocenters. The highest BCUT2D eigenvalue weighted by Gasteiger charge is 2.32. The molecule has 0 saturated heterocycles. The minimum absolute atomic E-state index is 0.0461. The van der Waals surface area contributed by atoms with E-state index < -0.39 is 0 Å². The molecule has 8 heteroatoms. The minimum Gasteiger partial charge on any atom is -0.361 e. The Balaban J connectivity index is 1.75. The first-order valence-electron chi connectivity index (χ1n) is 9.31. The monoisotopic (exact) mass is 415 g/mol. The van der Waals surface area contributed by atoms with E-state index in [-0.39, 0.29) is 16.9 Å². The van der Waals surface area contributed by atoms with Crippen LogP contribution in [-0.4, -0.2) is 25.8 Å². The molecule has 0 unspecified atom stereocenters. The summed E-state index contributed by atoms with van der Waals surface area (Å²) in [7, 11) is 0. The van der Waals surface area contributed by atoms with Gasteiger partial charge in [-0.2, -0.15) is 4.98 Å². The van der Waals surface area contributed by atoms with Crippen molar-refractivity contribution in [2.75, 3.05) is 11.6 Å². The van der Waals surface area contributed by atoms with Gasteiger partial charge in [-0.25, -0.2) is 9.97 Å². The van der Waals surface area contributed by atoms with Crippen LogP contribution in [-0.2, 0) is 6.54 Å². The average Bonchev–Trinajstić information content (AvgIpc) is 3.52. The average molecular weight is 416 g/mol. The van der Waals surface area contributed by atoms with Crippen molar-refractivity contribution in [3.8, 4) is 0 Å². The van der Waals surface area contributed by atoms with Crippen LogP contribution in [0.25, 0.3) is 11.2 Å². The molecule has 2 heterocycles. The standard InChI is InChI=1S/C20H22ClN5OS/c1-11-16-18(25-20(21)23-11)26(12(2)14-6-7-14)19(27)17(24-16)22-10-13-4-8-15(28-3)9-5-13/h4-5,8-9,12,14H,6-7,10H2,1-3H3,(H,22,24)/t12-/m0/s1. The van der Waals surface area contributed by atoms with E-state index in [2.05, 4.69) is 51.5 Å². The summed E-state index contributed by atoms with van der Waals surface area (Å²) in [6.45, 7) is 4.42. The zero-order valence-corrected chi connectivity index (χ0v) is 17.6. The Morgan fingerprint density at radius 1 is 1.25 bits per heavy atom. The van der Waals surface area contributed by atoms with Crippen LogP contribution >= 0.6 is 23.4 Å². The molecule has 0 aliphatic heterocycles. The van der Waals surface area contributed by atoms with Crippen LogP contribution in [0, 0.1) is 12.8 Å². The van der Waals surface area contributed by atoms with E-state index in [9.17, 15) is 4.79 Å². The molecule has 1 aromatic carbocycles. The van der Waals surface area contributed by atoms with Gasteiger partial charge in [0, 0.05) is 17.5 Å². The van der Waals surface area contributed by atoms with Gasteiger partial charge in [0.1, 0.15) is 5.52 Å². The number of halogens is 1. The molecule has 3 aromatic rings. The summed E-state index contributed by atoms with van der Waals surface area (Å²) in [6.07, 6.45) is 4.30. The topological polar surface area (TPSA) is 72.7 Å². The Labute approximate surface area is 172 Å². The van der Waals surface area contributed by atoms with E-state index in [4.69, 9.17) is 11.6 Å². The van der Waals surface area contributed by atoms with Crippen LogP contribution in [0.15, 0.2) is 34.0 Å². The first kappa shape index (κ1) is 19.2. The molecule has 1 saturated carbocycles. The molecule has 0 amide bonds. The maximum absolute atomic E-state index is 13.2. The summed E-state index contributed by atoms with van der Waals surface area (Å²) in [5.74, 6) is 0.812. The lowest BCUT2D eigenvalue weighted by atomic mass is 10.2. The molecule has 4 rings (SSSR count). The number of anilines is 1. The second kappa shape index (κ2) is 7.72. The highest BCUT2D eigenvalue weighted by Crippen LogP contribution is 2.39. The molecule has 1 N–H and O–H groups in total. The number of thioether (sulfide) groups is 1. The predicted molar refractivity (Wildman–Crippen MR) is 114 cm³/mol. The van der Waals surface area contributed by atoms with Crippen molar-refractivity contribution in [2.24, 2.45) is 5.92 Å². The first-order valence-corrected chi connectivity index (χ1v) is 10.9. The van der Waals surface area contributed by atoms with Gasteiger partial charge in [0.05, 0.1) is 5.69 Å². The summed E-state index contributed by atoms with van der Waals surface area (Å²) >= 11 is 7.77. The number of nitrogens with zero attached hydrogens (tertiary/aromatic N) is 4. The van der Waals surface area contributed by atoms with E-state index in [1.165, 1.54) is 4.90 Å². The van der Waals surface area contributed by atoms with Crippen LogP contribution in [0.2, 0.25) is 5.28 Å². The van der Waals surface area contributed by atoms with Gasteiger partial charge in [-0.15, -0.1) is 11.8 Å². The van der Waals surface area contributed by atoms with Crippen molar-refractivity contribution in [3.05, 3.63) is 51.2 Å². The maximum atomic E-state index is 13.2. The highest BCUT2D eigenvalue weighted by molar-refractivity contribution is 7.98. The third-order valence-electron chi connectivity index (χ3n) is 5.22. The molecule has 0 spiro atoms. The molecule has 146 valence electrons. The number of benzene rings is 1. The maximum Gasteiger partial charge on any atom is 0.295 e. The van der Waals surface area contributed by atoms with Crippen LogP contribution in [0.1, 0.15) is 37.1 Å². The largest absolute Gasteiger partial charge is 0.361 e. The van der Waals surface area contributed by atoms with Gasteiger partial charge in [0.15, 0.2) is 11.5 Å².